The zero-order valence-corrected chi connectivity index (χ0v) is 41.8. The predicted molar refractivity (Wildman–Crippen MR) is 260 cm³/mol. The maximum absolute atomic E-state index is 13.5. The fraction of sp³-hybridized carbons (Fsp3) is 0.702. The normalized spacial score (nSPS) is 22.3. The number of carbonyl (C=O) groups excluding carboxylic acids is 4. The Morgan fingerprint density at radius 2 is 1.66 bits per heavy atom. The smallest absolute Gasteiger partial charge is 0.407 e. The van der Waals surface area contributed by atoms with Crippen LogP contribution in [0.5, 0.6) is 11.6 Å². The van der Waals surface area contributed by atoms with Gasteiger partial charge in [0.15, 0.2) is 0 Å². The highest BCUT2D eigenvalue weighted by molar-refractivity contribution is 7.91. The molecule has 4 atom stereocenters. The molecule has 3 fully saturated rings. The number of allylic oxidation sites excluding steroid dienone is 1. The summed E-state index contributed by atoms with van der Waals surface area (Å²) in [5, 5.41) is 6.15. The van der Waals surface area contributed by atoms with Crippen LogP contribution in [0, 0.1) is 11.8 Å². The molecule has 6 rings (SSSR count). The van der Waals surface area contributed by atoms with Gasteiger partial charge in [-0.3, -0.25) is 19.1 Å². The van der Waals surface area contributed by atoms with E-state index < -0.39 is 26.7 Å². The van der Waals surface area contributed by atoms with E-state index in [1.54, 1.807) is 12.0 Å². The molecular formula is C47H85N7O9S. The monoisotopic (exact) mass is 924 g/mol. The molecule has 4 heterocycles. The molecule has 1 aromatic carbocycles. The second-order valence-corrected chi connectivity index (χ2v) is 19.4. The van der Waals surface area contributed by atoms with Gasteiger partial charge in [-0.2, -0.15) is 4.98 Å². The topological polar surface area (TPSA) is 198 Å². The Hall–Kier alpha value is -4.67. The molecule has 1 saturated carbocycles. The van der Waals surface area contributed by atoms with E-state index in [1.165, 1.54) is 14.0 Å². The molecule has 0 radical (unpaired) electrons. The van der Waals surface area contributed by atoms with Crippen molar-refractivity contribution in [2.24, 2.45) is 11.8 Å². The minimum atomic E-state index is -3.40. The second kappa shape index (κ2) is 26.3. The average molecular weight is 924 g/mol. The number of aromatic nitrogens is 2. The lowest BCUT2D eigenvalue weighted by atomic mass is 9.91. The largest absolute Gasteiger partial charge is 0.497 e. The van der Waals surface area contributed by atoms with Gasteiger partial charge >= 0.3 is 6.09 Å². The number of carbonyl (C=O) groups is 4. The molecule has 3 aliphatic heterocycles. The number of nitrogens with zero attached hydrogens (tertiary/aromatic N) is 4. The number of hydrogen-bond donors (Lipinski definition) is 3. The van der Waals surface area contributed by atoms with Gasteiger partial charge in [0.2, 0.25) is 39.6 Å². The number of sulfonamides is 1. The first-order chi connectivity index (χ1) is 30.3. The Morgan fingerprint density at radius 3 is 2.20 bits per heavy atom. The van der Waals surface area contributed by atoms with Crippen LogP contribution in [0.3, 0.4) is 0 Å². The van der Waals surface area contributed by atoms with Crippen molar-refractivity contribution in [3.05, 3.63) is 30.4 Å². The first-order valence-corrected chi connectivity index (χ1v) is 24.7. The summed E-state index contributed by atoms with van der Waals surface area (Å²) >= 11 is 0. The van der Waals surface area contributed by atoms with Gasteiger partial charge in [-0.05, 0) is 96.1 Å². The zero-order valence-electron chi connectivity index (χ0n) is 41.0. The fourth-order valence-electron chi connectivity index (χ4n) is 7.65. The highest BCUT2D eigenvalue weighted by Gasteiger charge is 2.53. The summed E-state index contributed by atoms with van der Waals surface area (Å²) in [6, 6.07) is 5.12. The van der Waals surface area contributed by atoms with Crippen molar-refractivity contribution in [3.8, 4) is 11.6 Å². The Balaban J connectivity index is 0. The fourth-order valence-corrected chi connectivity index (χ4v) is 9.26. The number of benzene rings is 1. The summed E-state index contributed by atoms with van der Waals surface area (Å²) in [6.45, 7) is 23.5. The van der Waals surface area contributed by atoms with Gasteiger partial charge in [0.1, 0.15) is 23.5 Å². The number of anilines is 1. The van der Waals surface area contributed by atoms with Crippen LogP contribution in [0.4, 0.5) is 10.7 Å². The average Bonchev–Trinajstić information content (AvgIpc) is 3.65. The Bertz CT molecular complexity index is 1960. The maximum atomic E-state index is 13.5. The predicted octanol–water partition coefficient (Wildman–Crippen LogP) is 8.43. The van der Waals surface area contributed by atoms with Crippen LogP contribution in [0.2, 0.25) is 0 Å². The molecule has 368 valence electrons. The standard InChI is InChI=1S/C30H41N5O4.C7H13NO3S.C6H13NO2.2C2H6.3H2/c1-20-9-5-4-6-12-31-28(37)26-18-23(19-35(26)27(36)16-21(2)15-20)39-29-24-11-10-22(38-3)17-25(24)32-30(33-29)34-13-7-8-14-34;1-3-7(4-5-7)12(10,11)8-6(2)9;1-6(2,3)9-5(8)7-4;2*1-2;;;/h4,6,10-11,17,20-21,23,26H,5,7-9,12-16,18-19H2,1-3H3,(H,31,37);3-5H2,1-2H3,(H,8,9);1-4H3,(H,7,8);2*1-2H3;3*1H/b6-4-;;;;;;;/t20-,21-,23-,26+;;;;;;;/m1......./s1. The van der Waals surface area contributed by atoms with Crippen molar-refractivity contribution >= 4 is 50.7 Å². The van der Waals surface area contributed by atoms with Crippen LogP contribution < -0.4 is 29.7 Å². The molecular weight excluding hydrogens is 839 g/mol. The zero-order chi connectivity index (χ0) is 48.3. The lowest BCUT2D eigenvalue weighted by molar-refractivity contribution is -0.139. The Kier molecular flexibility index (Phi) is 22.8. The molecule has 64 heavy (non-hydrogen) atoms. The van der Waals surface area contributed by atoms with Gasteiger partial charge in [0, 0.05) is 56.8 Å². The molecule has 0 bridgehead atoms. The third-order valence-corrected chi connectivity index (χ3v) is 13.4. The summed E-state index contributed by atoms with van der Waals surface area (Å²) in [7, 11) is -0.225. The van der Waals surface area contributed by atoms with E-state index in [0.717, 1.165) is 61.8 Å². The summed E-state index contributed by atoms with van der Waals surface area (Å²) in [5.74, 6) is 2.03. The van der Waals surface area contributed by atoms with Crippen LogP contribution in [0.25, 0.3) is 10.9 Å². The van der Waals surface area contributed by atoms with Gasteiger partial charge in [0.05, 0.1) is 29.3 Å². The van der Waals surface area contributed by atoms with Crippen LogP contribution in [0.15, 0.2) is 30.4 Å². The van der Waals surface area contributed by atoms with E-state index in [-0.39, 0.29) is 39.8 Å². The van der Waals surface area contributed by atoms with Gasteiger partial charge in [-0.15, -0.1) is 0 Å². The molecule has 0 spiro atoms. The number of rotatable bonds is 7. The van der Waals surface area contributed by atoms with E-state index in [9.17, 15) is 27.6 Å². The maximum Gasteiger partial charge on any atom is 0.407 e. The highest BCUT2D eigenvalue weighted by atomic mass is 32.2. The van der Waals surface area contributed by atoms with Crippen molar-refractivity contribution in [2.45, 2.75) is 163 Å². The Morgan fingerprint density at radius 1 is 1.00 bits per heavy atom. The molecule has 17 heteroatoms. The van der Waals surface area contributed by atoms with Crippen LogP contribution in [0.1, 0.15) is 145 Å². The van der Waals surface area contributed by atoms with Crippen molar-refractivity contribution in [1.29, 1.82) is 0 Å². The molecule has 4 amide bonds. The first kappa shape index (κ1) is 55.5. The SMILES string of the molecule is CC.CC.CCC1(S(=O)(=O)NC(C)=O)CC1.CNC(=O)OC(C)(C)C.COc1ccc2c(O[C@@H]3C[C@H]4C(=O)NC/C=C\CC[C@@H](C)C[C@@H](C)CC(=O)N4C3)nc(N3CCCC3)nc2c1.[HH].[HH].[HH]. The molecule has 2 saturated heterocycles. The van der Waals surface area contributed by atoms with E-state index in [2.05, 4.69) is 35.5 Å². The minimum absolute atomic E-state index is 0. The number of alkyl carbamates (subject to hydrolysis) is 1. The lowest BCUT2D eigenvalue weighted by Gasteiger charge is -2.26. The molecule has 0 unspecified atom stereocenters. The number of hydrogen-bond acceptors (Lipinski definition) is 12. The van der Waals surface area contributed by atoms with Gasteiger partial charge < -0.3 is 34.6 Å². The summed E-state index contributed by atoms with van der Waals surface area (Å²) < 4.78 is 41.0. The van der Waals surface area contributed by atoms with E-state index in [1.807, 2.05) is 84.4 Å². The molecule has 3 N–H and O–H groups in total. The van der Waals surface area contributed by atoms with Gasteiger partial charge in [-0.1, -0.05) is 60.6 Å². The number of methoxy groups -OCH3 is 1. The number of ether oxygens (including phenoxy) is 3. The minimum Gasteiger partial charge on any atom is -0.497 e. The number of nitrogens with one attached hydrogen (secondary N) is 3. The third-order valence-electron chi connectivity index (χ3n) is 11.0. The van der Waals surface area contributed by atoms with E-state index in [0.29, 0.717) is 62.9 Å². The molecule has 16 nitrogen and oxygen atoms in total. The lowest BCUT2D eigenvalue weighted by Crippen LogP contribution is -2.46. The van der Waals surface area contributed by atoms with Gasteiger partial charge in [-0.25, -0.2) is 18.2 Å². The van der Waals surface area contributed by atoms with Crippen molar-refractivity contribution in [1.82, 2.24) is 30.2 Å². The number of amides is 4. The Labute approximate surface area is 387 Å². The molecule has 2 aromatic rings. The molecule has 1 aromatic heterocycles. The quantitative estimate of drug-likeness (QED) is 0.225. The molecule has 4 aliphatic rings. The number of fused-ring (bicyclic) bond motifs is 2. The van der Waals surface area contributed by atoms with Crippen LogP contribution >= 0.6 is 0 Å². The van der Waals surface area contributed by atoms with E-state index >= 15 is 0 Å². The van der Waals surface area contributed by atoms with Crippen molar-refractivity contribution in [2.75, 3.05) is 45.2 Å². The van der Waals surface area contributed by atoms with E-state index in [4.69, 9.17) is 24.2 Å². The van der Waals surface area contributed by atoms with Crippen molar-refractivity contribution < 1.29 is 46.1 Å². The summed E-state index contributed by atoms with van der Waals surface area (Å²) in [5.41, 5.74) is 0.363. The van der Waals surface area contributed by atoms with Gasteiger partial charge in [0.25, 0.3) is 0 Å². The summed E-state index contributed by atoms with van der Waals surface area (Å²) in [6.07, 6.45) is 11.5. The van der Waals surface area contributed by atoms with Crippen LogP contribution in [-0.2, 0) is 29.1 Å². The summed E-state index contributed by atoms with van der Waals surface area (Å²) in [4.78, 5) is 61.3. The third kappa shape index (κ3) is 17.0. The highest BCUT2D eigenvalue weighted by Crippen LogP contribution is 2.45. The first-order valence-electron chi connectivity index (χ1n) is 23.2. The second-order valence-electron chi connectivity index (χ2n) is 17.3. The molecule has 1 aliphatic carbocycles. The van der Waals surface area contributed by atoms with Crippen LogP contribution in [-0.4, -0.2) is 110 Å². The van der Waals surface area contributed by atoms with Crippen molar-refractivity contribution in [3.63, 3.8) is 0 Å².